The van der Waals surface area contributed by atoms with Crippen molar-refractivity contribution in [2.24, 2.45) is 0 Å². The van der Waals surface area contributed by atoms with E-state index in [0.717, 1.165) is 0 Å². The van der Waals surface area contributed by atoms with E-state index < -0.39 is 12.0 Å². The maximum absolute atomic E-state index is 11.8. The van der Waals surface area contributed by atoms with E-state index in [4.69, 9.17) is 5.11 Å². The third-order valence-corrected chi connectivity index (χ3v) is 3.47. The van der Waals surface area contributed by atoms with Gasteiger partial charge in [-0.2, -0.15) is 0 Å². The highest BCUT2D eigenvalue weighted by atomic mass is 32.1. The van der Waals surface area contributed by atoms with Crippen LogP contribution < -0.4 is 5.32 Å². The number of carboxylic acids is 1. The molecule has 0 radical (unpaired) electrons. The van der Waals surface area contributed by atoms with Gasteiger partial charge in [-0.1, -0.05) is 0 Å². The molecular weight excluding hydrogens is 242 g/mol. The fraction of sp³-hybridized carbons (Fsp3) is 0.500. The zero-order chi connectivity index (χ0) is 12.3. The van der Waals surface area contributed by atoms with Crippen molar-refractivity contribution in [3.63, 3.8) is 0 Å². The van der Waals surface area contributed by atoms with Gasteiger partial charge >= 0.3 is 5.97 Å². The van der Waals surface area contributed by atoms with Crippen molar-refractivity contribution < 1.29 is 14.7 Å². The first-order valence-corrected chi connectivity index (χ1v) is 6.16. The van der Waals surface area contributed by atoms with Crippen LogP contribution in [0.2, 0.25) is 0 Å². The first-order chi connectivity index (χ1) is 8.18. The molecule has 92 valence electrons. The third-order valence-electron chi connectivity index (χ3n) is 2.66. The molecule has 17 heavy (non-hydrogen) atoms. The summed E-state index contributed by atoms with van der Waals surface area (Å²) in [5.74, 6) is -1.02. The number of aromatic nitrogens is 1. The van der Waals surface area contributed by atoms with Gasteiger partial charge in [0.05, 0.1) is 6.54 Å². The molecule has 0 saturated carbocycles. The molecule has 7 heteroatoms. The predicted octanol–water partition coefficient (Wildman–Crippen LogP) is -0.316. The molecule has 1 atom stereocenters. The number of carbonyl (C=O) groups excluding carboxylic acids is 1. The van der Waals surface area contributed by atoms with Gasteiger partial charge in [-0.05, 0) is 0 Å². The molecule has 2 rings (SSSR count). The van der Waals surface area contributed by atoms with Crippen molar-refractivity contribution >= 4 is 23.1 Å². The molecule has 0 aliphatic carbocycles. The Morgan fingerprint density at radius 2 is 2.47 bits per heavy atom. The van der Waals surface area contributed by atoms with Gasteiger partial charge in [-0.25, -0.2) is 4.98 Å². The summed E-state index contributed by atoms with van der Waals surface area (Å²) < 4.78 is 0. The Balaban J connectivity index is 2.01. The molecule has 2 heterocycles. The summed E-state index contributed by atoms with van der Waals surface area (Å²) in [4.78, 5) is 28.5. The second kappa shape index (κ2) is 5.35. The van der Waals surface area contributed by atoms with Gasteiger partial charge in [0, 0.05) is 31.2 Å². The largest absolute Gasteiger partial charge is 0.480 e. The summed E-state index contributed by atoms with van der Waals surface area (Å²) in [6.45, 7) is 1.76. The molecule has 1 aromatic rings. The quantitative estimate of drug-likeness (QED) is 0.718. The van der Waals surface area contributed by atoms with Gasteiger partial charge in [0.25, 0.3) is 0 Å². The Labute approximate surface area is 102 Å². The van der Waals surface area contributed by atoms with E-state index in [1.54, 1.807) is 16.5 Å². The van der Waals surface area contributed by atoms with Gasteiger partial charge in [0.15, 0.2) is 5.01 Å². The normalized spacial score (nSPS) is 21.3. The fourth-order valence-electron chi connectivity index (χ4n) is 1.79. The number of carbonyl (C=O) groups is 2. The Morgan fingerprint density at radius 3 is 3.12 bits per heavy atom. The number of ketones is 1. The Bertz CT molecular complexity index is 407. The van der Waals surface area contributed by atoms with Crippen LogP contribution in [-0.2, 0) is 4.79 Å². The van der Waals surface area contributed by atoms with Crippen molar-refractivity contribution in [3.05, 3.63) is 16.6 Å². The second-order valence-electron chi connectivity index (χ2n) is 3.79. The van der Waals surface area contributed by atoms with Gasteiger partial charge in [0.1, 0.15) is 6.04 Å². The lowest BCUT2D eigenvalue weighted by molar-refractivity contribution is -0.143. The molecule has 2 N–H and O–H groups in total. The number of hydrogen-bond donors (Lipinski definition) is 2. The van der Waals surface area contributed by atoms with Crippen LogP contribution in [0.4, 0.5) is 0 Å². The van der Waals surface area contributed by atoms with Crippen LogP contribution in [0.15, 0.2) is 11.6 Å². The number of Topliss-reactive ketones (excluding diaryl/α,β-unsaturated/α-hetero) is 1. The number of rotatable bonds is 4. The van der Waals surface area contributed by atoms with Gasteiger partial charge in [-0.3, -0.25) is 14.5 Å². The highest BCUT2D eigenvalue weighted by Crippen LogP contribution is 2.09. The molecule has 0 unspecified atom stereocenters. The van der Waals surface area contributed by atoms with Crippen LogP contribution in [0.1, 0.15) is 9.80 Å². The lowest BCUT2D eigenvalue weighted by Gasteiger charge is -2.32. The minimum Gasteiger partial charge on any atom is -0.480 e. The first kappa shape index (κ1) is 12.2. The molecule has 0 aromatic carbocycles. The summed E-state index contributed by atoms with van der Waals surface area (Å²) in [5.41, 5.74) is 0. The number of aliphatic carboxylic acids is 1. The summed E-state index contributed by atoms with van der Waals surface area (Å²) in [7, 11) is 0. The van der Waals surface area contributed by atoms with Crippen molar-refractivity contribution in [1.29, 1.82) is 0 Å². The highest BCUT2D eigenvalue weighted by Gasteiger charge is 2.30. The van der Waals surface area contributed by atoms with E-state index in [1.807, 2.05) is 0 Å². The molecule has 1 aromatic heterocycles. The van der Waals surface area contributed by atoms with Gasteiger partial charge in [-0.15, -0.1) is 11.3 Å². The van der Waals surface area contributed by atoms with Crippen LogP contribution in [0.25, 0.3) is 0 Å². The van der Waals surface area contributed by atoms with Crippen LogP contribution in [0.3, 0.4) is 0 Å². The Kier molecular flexibility index (Phi) is 3.82. The molecular formula is C10H13N3O3S. The minimum atomic E-state index is -0.899. The number of hydrogen-bond acceptors (Lipinski definition) is 6. The Hall–Kier alpha value is -1.31. The lowest BCUT2D eigenvalue weighted by atomic mass is 10.2. The van der Waals surface area contributed by atoms with Crippen molar-refractivity contribution in [3.8, 4) is 0 Å². The van der Waals surface area contributed by atoms with E-state index in [0.29, 0.717) is 24.6 Å². The number of carboxylic acid groups (broad SMARTS) is 1. The molecule has 1 saturated heterocycles. The topological polar surface area (TPSA) is 82.5 Å². The van der Waals surface area contributed by atoms with Crippen molar-refractivity contribution in [2.45, 2.75) is 6.04 Å². The smallest absolute Gasteiger partial charge is 0.322 e. The average Bonchev–Trinajstić information content (AvgIpc) is 2.83. The zero-order valence-electron chi connectivity index (χ0n) is 9.13. The van der Waals surface area contributed by atoms with Crippen LogP contribution in [0.5, 0.6) is 0 Å². The average molecular weight is 255 g/mol. The van der Waals surface area contributed by atoms with E-state index in [2.05, 4.69) is 10.3 Å². The molecule has 1 aliphatic rings. The molecule has 0 spiro atoms. The molecule has 0 amide bonds. The molecule has 6 nitrogen and oxygen atoms in total. The number of nitrogens with zero attached hydrogens (tertiary/aromatic N) is 2. The first-order valence-electron chi connectivity index (χ1n) is 5.29. The lowest BCUT2D eigenvalue weighted by Crippen LogP contribution is -2.56. The monoisotopic (exact) mass is 255 g/mol. The Morgan fingerprint density at radius 1 is 1.65 bits per heavy atom. The molecule has 1 aliphatic heterocycles. The maximum Gasteiger partial charge on any atom is 0.322 e. The SMILES string of the molecule is O=C(CN1CCNC[C@H]1C(=O)O)c1nccs1. The van der Waals surface area contributed by atoms with Gasteiger partial charge < -0.3 is 10.4 Å². The van der Waals surface area contributed by atoms with Crippen molar-refractivity contribution in [2.75, 3.05) is 26.2 Å². The summed E-state index contributed by atoms with van der Waals surface area (Å²) in [6, 6.07) is -0.632. The zero-order valence-corrected chi connectivity index (χ0v) is 9.94. The predicted molar refractivity (Wildman–Crippen MR) is 62.3 cm³/mol. The fourth-order valence-corrected chi connectivity index (χ4v) is 2.36. The summed E-state index contributed by atoms with van der Waals surface area (Å²) in [5, 5.41) is 14.2. The number of nitrogens with one attached hydrogen (secondary N) is 1. The van der Waals surface area contributed by atoms with E-state index in [-0.39, 0.29) is 12.3 Å². The second-order valence-corrected chi connectivity index (χ2v) is 4.68. The minimum absolute atomic E-state index is 0.117. The van der Waals surface area contributed by atoms with E-state index in [1.165, 1.54) is 11.3 Å². The van der Waals surface area contributed by atoms with E-state index in [9.17, 15) is 9.59 Å². The van der Waals surface area contributed by atoms with Crippen molar-refractivity contribution in [1.82, 2.24) is 15.2 Å². The van der Waals surface area contributed by atoms with Crippen LogP contribution in [-0.4, -0.2) is 59.0 Å². The van der Waals surface area contributed by atoms with Crippen LogP contribution >= 0.6 is 11.3 Å². The number of thiazole rings is 1. The summed E-state index contributed by atoms with van der Waals surface area (Å²) >= 11 is 1.28. The highest BCUT2D eigenvalue weighted by molar-refractivity contribution is 7.11. The van der Waals surface area contributed by atoms with E-state index >= 15 is 0 Å². The molecule has 0 bridgehead atoms. The number of piperazine rings is 1. The maximum atomic E-state index is 11.8. The van der Waals surface area contributed by atoms with Crippen LogP contribution in [0, 0.1) is 0 Å². The van der Waals surface area contributed by atoms with Gasteiger partial charge in [0.2, 0.25) is 5.78 Å². The molecule has 1 fully saturated rings. The third kappa shape index (κ3) is 2.87. The summed E-state index contributed by atoms with van der Waals surface area (Å²) in [6.07, 6.45) is 1.57. The standard InChI is InChI=1S/C10H13N3O3S/c14-8(9-12-2-4-17-9)6-13-3-1-11-5-7(13)10(15)16/h2,4,7,11H,1,3,5-6H2,(H,15,16)/t7-/m0/s1.